The lowest BCUT2D eigenvalue weighted by molar-refractivity contribution is 0.0696. The summed E-state index contributed by atoms with van der Waals surface area (Å²) in [4.78, 5) is 11.1. The van der Waals surface area contributed by atoms with Crippen molar-refractivity contribution in [1.82, 2.24) is 0 Å². The van der Waals surface area contributed by atoms with Crippen LogP contribution in [0.1, 0.15) is 27.0 Å². The molecule has 2 nitrogen and oxygen atoms in total. The van der Waals surface area contributed by atoms with E-state index >= 15 is 0 Å². The third kappa shape index (κ3) is 2.66. The molecule has 0 saturated heterocycles. The highest BCUT2D eigenvalue weighted by molar-refractivity contribution is 5.93. The third-order valence-electron chi connectivity index (χ3n) is 2.82. The van der Waals surface area contributed by atoms with Gasteiger partial charge in [-0.2, -0.15) is 0 Å². The summed E-state index contributed by atoms with van der Waals surface area (Å²) >= 11 is 0. The van der Waals surface area contributed by atoms with Crippen molar-refractivity contribution in [2.75, 3.05) is 0 Å². The highest BCUT2D eigenvalue weighted by Gasteiger charge is 2.05. The SMILES string of the molecule is Cc1ccccc1/C=C\c1ccccc1C(=O)O. The van der Waals surface area contributed by atoms with Gasteiger partial charge in [-0.15, -0.1) is 0 Å². The van der Waals surface area contributed by atoms with Gasteiger partial charge >= 0.3 is 5.97 Å². The molecule has 0 amide bonds. The second-order valence-corrected chi connectivity index (χ2v) is 4.08. The summed E-state index contributed by atoms with van der Waals surface area (Å²) in [7, 11) is 0. The van der Waals surface area contributed by atoms with E-state index in [0.29, 0.717) is 11.1 Å². The van der Waals surface area contributed by atoms with E-state index in [0.717, 1.165) is 5.56 Å². The summed E-state index contributed by atoms with van der Waals surface area (Å²) in [5.74, 6) is -0.903. The van der Waals surface area contributed by atoms with Crippen LogP contribution in [0.4, 0.5) is 0 Å². The van der Waals surface area contributed by atoms with Crippen molar-refractivity contribution in [3.63, 3.8) is 0 Å². The van der Waals surface area contributed by atoms with Gasteiger partial charge < -0.3 is 5.11 Å². The van der Waals surface area contributed by atoms with E-state index in [-0.39, 0.29) is 0 Å². The Labute approximate surface area is 106 Å². The molecule has 2 rings (SSSR count). The molecule has 0 heterocycles. The van der Waals surface area contributed by atoms with Gasteiger partial charge in [0.15, 0.2) is 0 Å². The predicted molar refractivity (Wildman–Crippen MR) is 73.5 cm³/mol. The molecule has 0 aromatic heterocycles. The first kappa shape index (κ1) is 12.1. The molecule has 0 unspecified atom stereocenters. The maximum atomic E-state index is 11.1. The third-order valence-corrected chi connectivity index (χ3v) is 2.82. The molecule has 0 saturated carbocycles. The molecular weight excluding hydrogens is 224 g/mol. The zero-order valence-electron chi connectivity index (χ0n) is 10.1. The molecule has 0 atom stereocenters. The van der Waals surface area contributed by atoms with Crippen LogP contribution >= 0.6 is 0 Å². The molecule has 0 aliphatic heterocycles. The number of rotatable bonds is 3. The minimum atomic E-state index is -0.903. The number of carbonyl (C=O) groups is 1. The smallest absolute Gasteiger partial charge is 0.336 e. The first-order chi connectivity index (χ1) is 8.68. The van der Waals surface area contributed by atoms with Crippen LogP contribution in [0.15, 0.2) is 48.5 Å². The molecule has 0 aliphatic rings. The van der Waals surface area contributed by atoms with E-state index in [1.165, 1.54) is 5.56 Å². The van der Waals surface area contributed by atoms with Crippen molar-refractivity contribution in [3.8, 4) is 0 Å². The van der Waals surface area contributed by atoms with Gasteiger partial charge in [-0.25, -0.2) is 4.79 Å². The van der Waals surface area contributed by atoms with Crippen molar-refractivity contribution in [3.05, 3.63) is 70.8 Å². The molecule has 90 valence electrons. The topological polar surface area (TPSA) is 37.3 Å². The van der Waals surface area contributed by atoms with Gasteiger partial charge in [0.05, 0.1) is 5.56 Å². The van der Waals surface area contributed by atoms with Crippen LogP contribution in [0.2, 0.25) is 0 Å². The van der Waals surface area contributed by atoms with Gasteiger partial charge in [0.25, 0.3) is 0 Å². The second kappa shape index (κ2) is 5.32. The molecule has 0 aliphatic carbocycles. The van der Waals surface area contributed by atoms with Crippen molar-refractivity contribution in [1.29, 1.82) is 0 Å². The van der Waals surface area contributed by atoms with Crippen LogP contribution in [-0.4, -0.2) is 11.1 Å². The lowest BCUT2D eigenvalue weighted by Crippen LogP contribution is -1.98. The normalized spacial score (nSPS) is 10.7. The number of benzene rings is 2. The molecule has 2 aromatic carbocycles. The highest BCUT2D eigenvalue weighted by atomic mass is 16.4. The van der Waals surface area contributed by atoms with E-state index in [9.17, 15) is 4.79 Å². The highest BCUT2D eigenvalue weighted by Crippen LogP contribution is 2.15. The average Bonchev–Trinajstić information content (AvgIpc) is 2.38. The number of aromatic carboxylic acids is 1. The van der Waals surface area contributed by atoms with E-state index in [1.807, 2.05) is 49.4 Å². The zero-order chi connectivity index (χ0) is 13.0. The Hall–Kier alpha value is -2.35. The van der Waals surface area contributed by atoms with Gasteiger partial charge in [0, 0.05) is 0 Å². The first-order valence-corrected chi connectivity index (χ1v) is 5.74. The zero-order valence-corrected chi connectivity index (χ0v) is 10.1. The molecular formula is C16H14O2. The maximum Gasteiger partial charge on any atom is 0.336 e. The lowest BCUT2D eigenvalue weighted by Gasteiger charge is -2.01. The number of carboxylic acid groups (broad SMARTS) is 1. The summed E-state index contributed by atoms with van der Waals surface area (Å²) in [6, 6.07) is 15.0. The quantitative estimate of drug-likeness (QED) is 0.824. The fourth-order valence-corrected chi connectivity index (χ4v) is 1.79. The van der Waals surface area contributed by atoms with Gasteiger partial charge in [0.2, 0.25) is 0 Å². The molecule has 0 fully saturated rings. The number of carboxylic acids is 1. The van der Waals surface area contributed by atoms with Crippen LogP contribution in [-0.2, 0) is 0 Å². The Morgan fingerprint density at radius 3 is 2.17 bits per heavy atom. The number of hydrogen-bond acceptors (Lipinski definition) is 1. The van der Waals surface area contributed by atoms with Crippen molar-refractivity contribution in [2.45, 2.75) is 6.92 Å². The Morgan fingerprint density at radius 2 is 1.50 bits per heavy atom. The largest absolute Gasteiger partial charge is 0.478 e. The summed E-state index contributed by atoms with van der Waals surface area (Å²) in [5, 5.41) is 9.08. The van der Waals surface area contributed by atoms with E-state index in [2.05, 4.69) is 0 Å². The molecule has 1 N–H and O–H groups in total. The fraction of sp³-hybridized carbons (Fsp3) is 0.0625. The Bertz CT molecular complexity index is 598. The Morgan fingerprint density at radius 1 is 0.944 bits per heavy atom. The number of hydrogen-bond donors (Lipinski definition) is 1. The summed E-state index contributed by atoms with van der Waals surface area (Å²) in [6.07, 6.45) is 3.78. The predicted octanol–water partition coefficient (Wildman–Crippen LogP) is 3.86. The van der Waals surface area contributed by atoms with Crippen molar-refractivity contribution in [2.24, 2.45) is 0 Å². The van der Waals surface area contributed by atoms with Crippen LogP contribution < -0.4 is 0 Å². The van der Waals surface area contributed by atoms with Gasteiger partial charge in [0.1, 0.15) is 0 Å². The van der Waals surface area contributed by atoms with E-state index in [1.54, 1.807) is 18.2 Å². The van der Waals surface area contributed by atoms with Crippen LogP contribution in [0, 0.1) is 6.92 Å². The molecule has 18 heavy (non-hydrogen) atoms. The summed E-state index contributed by atoms with van der Waals surface area (Å²) in [5.41, 5.74) is 3.30. The van der Waals surface area contributed by atoms with Gasteiger partial charge in [-0.05, 0) is 29.7 Å². The summed E-state index contributed by atoms with van der Waals surface area (Å²) in [6.45, 7) is 2.03. The van der Waals surface area contributed by atoms with E-state index in [4.69, 9.17) is 5.11 Å². The Kier molecular flexibility index (Phi) is 3.58. The molecule has 0 spiro atoms. The van der Waals surface area contributed by atoms with E-state index < -0.39 is 5.97 Å². The number of aryl methyl sites for hydroxylation is 1. The average molecular weight is 238 g/mol. The van der Waals surface area contributed by atoms with Crippen molar-refractivity contribution < 1.29 is 9.90 Å². The standard InChI is InChI=1S/C16H14O2/c1-12-6-2-3-7-13(12)10-11-14-8-4-5-9-15(14)16(17)18/h2-11H,1H3,(H,17,18)/b11-10-. The molecule has 2 heteroatoms. The molecule has 0 radical (unpaired) electrons. The molecule has 2 aromatic rings. The Balaban J connectivity index is 2.35. The van der Waals surface area contributed by atoms with Crippen LogP contribution in [0.3, 0.4) is 0 Å². The van der Waals surface area contributed by atoms with Gasteiger partial charge in [-0.3, -0.25) is 0 Å². The van der Waals surface area contributed by atoms with Crippen LogP contribution in [0.5, 0.6) is 0 Å². The van der Waals surface area contributed by atoms with Crippen LogP contribution in [0.25, 0.3) is 12.2 Å². The molecule has 0 bridgehead atoms. The summed E-state index contributed by atoms with van der Waals surface area (Å²) < 4.78 is 0. The maximum absolute atomic E-state index is 11.1. The fourth-order valence-electron chi connectivity index (χ4n) is 1.79. The van der Waals surface area contributed by atoms with Crippen molar-refractivity contribution >= 4 is 18.1 Å². The first-order valence-electron chi connectivity index (χ1n) is 5.74. The monoisotopic (exact) mass is 238 g/mol. The second-order valence-electron chi connectivity index (χ2n) is 4.08. The minimum absolute atomic E-state index is 0.322. The van der Waals surface area contributed by atoms with Gasteiger partial charge in [-0.1, -0.05) is 54.6 Å². The minimum Gasteiger partial charge on any atom is -0.478 e. The lowest BCUT2D eigenvalue weighted by atomic mass is 10.0.